The van der Waals surface area contributed by atoms with Gasteiger partial charge in [-0.05, 0) is 31.2 Å². The van der Waals surface area contributed by atoms with Crippen LogP contribution >= 0.6 is 11.6 Å². The normalized spacial score (nSPS) is 11.9. The minimum atomic E-state index is -1.14. The van der Waals surface area contributed by atoms with E-state index in [9.17, 15) is 4.79 Å². The smallest absolute Gasteiger partial charge is 0.355 e. The van der Waals surface area contributed by atoms with Crippen molar-refractivity contribution in [2.24, 2.45) is 0 Å². The van der Waals surface area contributed by atoms with Gasteiger partial charge in [0.2, 0.25) is 0 Å². The first kappa shape index (κ1) is 18.0. The Morgan fingerprint density at radius 2 is 2.00 bits per heavy atom. The third-order valence-corrected chi connectivity index (χ3v) is 5.51. The largest absolute Gasteiger partial charge is 0.461 e. The molecule has 4 nitrogen and oxygen atoms in total. The summed E-state index contributed by atoms with van der Waals surface area (Å²) in [5.41, 5.74) is 1.38. The summed E-state index contributed by atoms with van der Waals surface area (Å²) in [7, 11) is -1.14. The molecule has 2 aromatic rings. The molecule has 1 aromatic heterocycles. The molecule has 0 aliphatic rings. The second-order valence-electron chi connectivity index (χ2n) is 6.73. The van der Waals surface area contributed by atoms with Crippen LogP contribution in [0, 0.1) is 0 Å². The van der Waals surface area contributed by atoms with Crippen LogP contribution in [0.4, 0.5) is 0 Å². The number of rotatable bonds is 7. The van der Waals surface area contributed by atoms with Gasteiger partial charge in [-0.3, -0.25) is 0 Å². The third kappa shape index (κ3) is 4.83. The van der Waals surface area contributed by atoms with Gasteiger partial charge in [0.1, 0.15) is 12.4 Å². The van der Waals surface area contributed by atoms with E-state index in [1.165, 1.54) is 0 Å². The summed E-state index contributed by atoms with van der Waals surface area (Å²) in [4.78, 5) is 12.2. The topological polar surface area (TPSA) is 40.5 Å². The zero-order valence-electron chi connectivity index (χ0n) is 14.2. The fraction of sp³-hybridized carbons (Fsp3) is 0.471. The number of fused-ring (bicyclic) bond motifs is 1. The molecule has 0 N–H and O–H groups in total. The van der Waals surface area contributed by atoms with Crippen molar-refractivity contribution in [3.63, 3.8) is 0 Å². The average Bonchev–Trinajstić information content (AvgIpc) is 2.81. The fourth-order valence-electron chi connectivity index (χ4n) is 2.28. The van der Waals surface area contributed by atoms with Crippen LogP contribution in [-0.4, -0.2) is 31.8 Å². The van der Waals surface area contributed by atoms with E-state index in [0.29, 0.717) is 30.7 Å². The van der Waals surface area contributed by atoms with E-state index < -0.39 is 8.07 Å². The SMILES string of the molecule is CCOC(=O)c1cc2ccc(Cl)cc2n1COCC[Si](C)(C)C. The molecule has 0 spiro atoms. The molecular weight excluding hydrogens is 330 g/mol. The average molecular weight is 354 g/mol. The summed E-state index contributed by atoms with van der Waals surface area (Å²) in [5.74, 6) is -0.339. The van der Waals surface area contributed by atoms with Crippen molar-refractivity contribution in [2.45, 2.75) is 39.3 Å². The minimum absolute atomic E-state index is 0.322. The van der Waals surface area contributed by atoms with E-state index in [2.05, 4.69) is 19.6 Å². The Morgan fingerprint density at radius 3 is 2.65 bits per heavy atom. The Labute approximate surface area is 143 Å². The molecule has 0 saturated carbocycles. The predicted octanol–water partition coefficient (Wildman–Crippen LogP) is 4.78. The van der Waals surface area contributed by atoms with Gasteiger partial charge in [0, 0.05) is 25.1 Å². The maximum atomic E-state index is 12.2. The molecule has 0 atom stereocenters. The summed E-state index contributed by atoms with van der Waals surface area (Å²) in [5, 5.41) is 1.58. The van der Waals surface area contributed by atoms with Crippen LogP contribution in [0.1, 0.15) is 17.4 Å². The Balaban J connectivity index is 2.25. The van der Waals surface area contributed by atoms with Gasteiger partial charge in [-0.15, -0.1) is 0 Å². The zero-order chi connectivity index (χ0) is 17.0. The third-order valence-electron chi connectivity index (χ3n) is 3.57. The van der Waals surface area contributed by atoms with Crippen molar-refractivity contribution in [3.8, 4) is 0 Å². The van der Waals surface area contributed by atoms with Gasteiger partial charge in [0.15, 0.2) is 0 Å². The van der Waals surface area contributed by atoms with E-state index in [1.54, 1.807) is 6.92 Å². The van der Waals surface area contributed by atoms with Gasteiger partial charge in [-0.2, -0.15) is 0 Å². The van der Waals surface area contributed by atoms with Gasteiger partial charge >= 0.3 is 5.97 Å². The minimum Gasteiger partial charge on any atom is -0.461 e. The number of esters is 1. The Hall–Kier alpha value is -1.30. The van der Waals surface area contributed by atoms with Crippen molar-refractivity contribution >= 4 is 36.5 Å². The second-order valence-corrected chi connectivity index (χ2v) is 12.8. The van der Waals surface area contributed by atoms with Crippen LogP contribution in [0.25, 0.3) is 10.9 Å². The molecule has 1 aromatic carbocycles. The lowest BCUT2D eigenvalue weighted by Crippen LogP contribution is -2.22. The highest BCUT2D eigenvalue weighted by molar-refractivity contribution is 6.76. The zero-order valence-corrected chi connectivity index (χ0v) is 15.9. The number of hydrogen-bond donors (Lipinski definition) is 0. The highest BCUT2D eigenvalue weighted by atomic mass is 35.5. The van der Waals surface area contributed by atoms with Crippen LogP contribution in [0.5, 0.6) is 0 Å². The van der Waals surface area contributed by atoms with Crippen molar-refractivity contribution in [1.29, 1.82) is 0 Å². The number of benzene rings is 1. The first-order valence-corrected chi connectivity index (χ1v) is 11.9. The lowest BCUT2D eigenvalue weighted by molar-refractivity contribution is 0.0478. The maximum Gasteiger partial charge on any atom is 0.355 e. The molecular formula is C17H24ClNO3Si. The molecule has 0 unspecified atom stereocenters. The summed E-state index contributed by atoms with van der Waals surface area (Å²) in [6.07, 6.45) is 0. The van der Waals surface area contributed by atoms with Crippen LogP contribution in [0.3, 0.4) is 0 Å². The number of carbonyl (C=O) groups is 1. The Kier molecular flexibility index (Phi) is 5.89. The first-order chi connectivity index (χ1) is 10.8. The molecule has 23 heavy (non-hydrogen) atoms. The second kappa shape index (κ2) is 7.51. The molecule has 0 aliphatic carbocycles. The van der Waals surface area contributed by atoms with Gasteiger partial charge in [-0.1, -0.05) is 37.3 Å². The summed E-state index contributed by atoms with van der Waals surface area (Å²) >= 11 is 6.10. The molecule has 0 aliphatic heterocycles. The van der Waals surface area contributed by atoms with E-state index in [1.807, 2.05) is 28.8 Å². The van der Waals surface area contributed by atoms with Gasteiger partial charge in [0.25, 0.3) is 0 Å². The molecule has 126 valence electrons. The lowest BCUT2D eigenvalue weighted by Gasteiger charge is -2.16. The standard InChI is InChI=1S/C17H24ClNO3Si/c1-5-22-17(20)16-10-13-6-7-14(18)11-15(13)19(16)12-21-8-9-23(2,3)4/h6-7,10-11H,5,8-9,12H2,1-4H3. The number of aromatic nitrogens is 1. The van der Waals surface area contributed by atoms with Crippen molar-refractivity contribution in [2.75, 3.05) is 13.2 Å². The Morgan fingerprint density at radius 1 is 1.26 bits per heavy atom. The highest BCUT2D eigenvalue weighted by Gasteiger charge is 2.18. The molecule has 0 amide bonds. The molecule has 2 rings (SSSR count). The summed E-state index contributed by atoms with van der Waals surface area (Å²) in [6.45, 7) is 10.1. The van der Waals surface area contributed by atoms with Crippen LogP contribution in [0.2, 0.25) is 30.7 Å². The predicted molar refractivity (Wildman–Crippen MR) is 97.0 cm³/mol. The maximum absolute atomic E-state index is 12.2. The van der Waals surface area contributed by atoms with Crippen molar-refractivity contribution in [1.82, 2.24) is 4.57 Å². The van der Waals surface area contributed by atoms with E-state index in [0.717, 1.165) is 16.9 Å². The van der Waals surface area contributed by atoms with Gasteiger partial charge in [-0.25, -0.2) is 4.79 Å². The molecule has 0 fully saturated rings. The van der Waals surface area contributed by atoms with Crippen molar-refractivity contribution in [3.05, 3.63) is 35.0 Å². The van der Waals surface area contributed by atoms with Crippen molar-refractivity contribution < 1.29 is 14.3 Å². The first-order valence-electron chi connectivity index (χ1n) is 7.85. The van der Waals surface area contributed by atoms with Crippen LogP contribution in [-0.2, 0) is 16.2 Å². The quantitative estimate of drug-likeness (QED) is 0.408. The number of hydrogen-bond acceptors (Lipinski definition) is 3. The Bertz CT molecular complexity index is 691. The van der Waals surface area contributed by atoms with Gasteiger partial charge in [0.05, 0.1) is 12.1 Å². The summed E-state index contributed by atoms with van der Waals surface area (Å²) in [6, 6.07) is 8.48. The number of ether oxygens (including phenoxy) is 2. The van der Waals surface area contributed by atoms with E-state index in [-0.39, 0.29) is 5.97 Å². The van der Waals surface area contributed by atoms with E-state index >= 15 is 0 Å². The molecule has 1 heterocycles. The molecule has 0 radical (unpaired) electrons. The number of nitrogens with zero attached hydrogens (tertiary/aromatic N) is 1. The molecule has 6 heteroatoms. The summed E-state index contributed by atoms with van der Waals surface area (Å²) < 4.78 is 12.8. The van der Waals surface area contributed by atoms with Crippen LogP contribution < -0.4 is 0 Å². The number of halogens is 1. The highest BCUT2D eigenvalue weighted by Crippen LogP contribution is 2.24. The van der Waals surface area contributed by atoms with Crippen LogP contribution in [0.15, 0.2) is 24.3 Å². The van der Waals surface area contributed by atoms with E-state index in [4.69, 9.17) is 21.1 Å². The molecule has 0 saturated heterocycles. The fourth-order valence-corrected chi connectivity index (χ4v) is 3.20. The van der Waals surface area contributed by atoms with Gasteiger partial charge < -0.3 is 14.0 Å². The molecule has 0 bridgehead atoms. The lowest BCUT2D eigenvalue weighted by atomic mass is 10.2. The monoisotopic (exact) mass is 353 g/mol. The number of carbonyl (C=O) groups excluding carboxylic acids is 1.